The van der Waals surface area contributed by atoms with E-state index in [1.54, 1.807) is 18.2 Å². The van der Waals surface area contributed by atoms with Gasteiger partial charge < -0.3 is 4.74 Å². The van der Waals surface area contributed by atoms with Gasteiger partial charge in [-0.1, -0.05) is 0 Å². The van der Waals surface area contributed by atoms with Gasteiger partial charge in [0.25, 0.3) is 0 Å². The van der Waals surface area contributed by atoms with Crippen LogP contribution in [-0.2, 0) is 6.61 Å². The summed E-state index contributed by atoms with van der Waals surface area (Å²) in [6, 6.07) is 20.8. The zero-order chi connectivity index (χ0) is 22.3. The number of hydrogen-bond acceptors (Lipinski definition) is 4. The van der Waals surface area contributed by atoms with Crippen molar-refractivity contribution in [1.29, 1.82) is 5.26 Å². The van der Waals surface area contributed by atoms with Crippen LogP contribution in [-0.4, -0.2) is 17.9 Å². The Hall–Kier alpha value is -2.93. The zero-order valence-electron chi connectivity index (χ0n) is 16.4. The van der Waals surface area contributed by atoms with Gasteiger partial charge in [0.05, 0.1) is 0 Å². The molecule has 0 aliphatic heterocycles. The summed E-state index contributed by atoms with van der Waals surface area (Å²) >= 11 is 0.0389. The summed E-state index contributed by atoms with van der Waals surface area (Å²) in [5.41, 5.74) is 2.38. The second-order valence-electron chi connectivity index (χ2n) is 6.28. The predicted molar refractivity (Wildman–Crippen MR) is 105 cm³/mol. The number of nitrogens with zero attached hydrogens (tertiary/aromatic N) is 1. The van der Waals surface area contributed by atoms with Gasteiger partial charge in [-0.05, 0) is 12.1 Å². The molecule has 0 aliphatic rings. The van der Waals surface area contributed by atoms with Crippen molar-refractivity contribution in [2.75, 3.05) is 11.5 Å². The average Bonchev–Trinajstić information content (AvgIpc) is 2.76. The van der Waals surface area contributed by atoms with Crippen molar-refractivity contribution < 1.29 is 48.6 Å². The van der Waals surface area contributed by atoms with Crippen LogP contribution in [0.15, 0.2) is 66.7 Å². The SMILES string of the molecule is C[I-]c1ccc(COc2ccc(-c3ccc(OC(F)(F)F)cc3)cc2OCC#N)cc1. The summed E-state index contributed by atoms with van der Waals surface area (Å²) in [7, 11) is 0. The van der Waals surface area contributed by atoms with Gasteiger partial charge in [0.1, 0.15) is 5.75 Å². The van der Waals surface area contributed by atoms with Crippen LogP contribution < -0.4 is 35.4 Å². The predicted octanol–water partition coefficient (Wildman–Crippen LogP) is 2.62. The van der Waals surface area contributed by atoms with Crippen molar-refractivity contribution in [3.63, 3.8) is 0 Å². The molecule has 0 saturated carbocycles. The monoisotopic (exact) mass is 540 g/mol. The Labute approximate surface area is 188 Å². The number of halogens is 4. The number of benzene rings is 3. The fourth-order valence-corrected chi connectivity index (χ4v) is 3.83. The molecular weight excluding hydrogens is 522 g/mol. The first kappa shape index (κ1) is 22.7. The summed E-state index contributed by atoms with van der Waals surface area (Å²) in [5.74, 6) is 0.557. The van der Waals surface area contributed by atoms with Crippen LogP contribution in [0.5, 0.6) is 17.2 Å². The summed E-state index contributed by atoms with van der Waals surface area (Å²) < 4.78 is 53.6. The Morgan fingerprint density at radius 3 is 2.16 bits per heavy atom. The van der Waals surface area contributed by atoms with E-state index in [1.807, 2.05) is 18.2 Å². The van der Waals surface area contributed by atoms with Crippen molar-refractivity contribution in [2.45, 2.75) is 13.0 Å². The normalized spacial score (nSPS) is 11.1. The van der Waals surface area contributed by atoms with Crippen LogP contribution in [0.25, 0.3) is 11.1 Å². The van der Waals surface area contributed by atoms with E-state index < -0.39 is 6.36 Å². The van der Waals surface area contributed by atoms with Crippen molar-refractivity contribution in [2.24, 2.45) is 0 Å². The van der Waals surface area contributed by atoms with E-state index in [0.29, 0.717) is 29.2 Å². The molecule has 0 spiro atoms. The first-order valence-electron chi connectivity index (χ1n) is 9.09. The van der Waals surface area contributed by atoms with Crippen LogP contribution in [0, 0.1) is 14.9 Å². The van der Waals surface area contributed by atoms with Gasteiger partial charge in [-0.25, -0.2) is 0 Å². The van der Waals surface area contributed by atoms with E-state index >= 15 is 0 Å². The summed E-state index contributed by atoms with van der Waals surface area (Å²) in [6.45, 7) is 0.182. The summed E-state index contributed by atoms with van der Waals surface area (Å²) in [6.07, 6.45) is -4.74. The molecule has 3 aromatic rings. The Bertz CT molecular complexity index is 1050. The van der Waals surface area contributed by atoms with Gasteiger partial charge in [-0.15, -0.1) is 13.2 Å². The van der Waals surface area contributed by atoms with Crippen LogP contribution >= 0.6 is 0 Å². The molecule has 0 fully saturated rings. The van der Waals surface area contributed by atoms with E-state index in [4.69, 9.17) is 14.7 Å². The van der Waals surface area contributed by atoms with Gasteiger partial charge >= 0.3 is 153 Å². The molecule has 31 heavy (non-hydrogen) atoms. The minimum absolute atomic E-state index is 0.0389. The first-order valence-corrected chi connectivity index (χ1v) is 12.3. The zero-order valence-corrected chi connectivity index (χ0v) is 18.6. The topological polar surface area (TPSA) is 51.5 Å². The molecule has 0 aliphatic carbocycles. The van der Waals surface area contributed by atoms with Crippen molar-refractivity contribution >= 4 is 0 Å². The Morgan fingerprint density at radius 2 is 1.55 bits per heavy atom. The molecule has 0 unspecified atom stereocenters. The summed E-state index contributed by atoms with van der Waals surface area (Å²) in [4.78, 5) is 2.20. The number of hydrogen-bond donors (Lipinski definition) is 0. The molecule has 0 saturated heterocycles. The van der Waals surface area contributed by atoms with E-state index in [2.05, 4.69) is 21.8 Å². The third-order valence-corrected chi connectivity index (χ3v) is 6.15. The molecule has 0 aromatic heterocycles. The Balaban J connectivity index is 1.77. The summed E-state index contributed by atoms with van der Waals surface area (Å²) in [5, 5.41) is 8.87. The van der Waals surface area contributed by atoms with E-state index in [1.165, 1.54) is 27.8 Å². The molecule has 0 N–H and O–H groups in total. The fourth-order valence-electron chi connectivity index (χ4n) is 2.75. The molecule has 0 bridgehead atoms. The quantitative estimate of drug-likeness (QED) is 0.326. The maximum absolute atomic E-state index is 12.3. The van der Waals surface area contributed by atoms with E-state index in [-0.39, 0.29) is 33.6 Å². The third-order valence-electron chi connectivity index (χ3n) is 4.18. The number of ether oxygens (including phenoxy) is 3. The molecule has 4 nitrogen and oxygen atoms in total. The van der Waals surface area contributed by atoms with Gasteiger partial charge in [0.15, 0.2) is 0 Å². The second kappa shape index (κ2) is 10.4. The Kier molecular flexibility index (Phi) is 7.63. The standard InChI is InChI=1S/C23H18F3INO3/c1-27-19-7-2-16(3-8-19)15-30-21-11-6-18(14-22(21)29-13-12-28)17-4-9-20(10-5-17)31-23(24,25)26/h2-11,14H,13,15H2,1H3/q-1. The molecule has 8 heteroatoms. The van der Waals surface area contributed by atoms with E-state index in [9.17, 15) is 13.2 Å². The molecule has 3 rings (SSSR count). The molecule has 162 valence electrons. The van der Waals surface area contributed by atoms with E-state index in [0.717, 1.165) is 5.56 Å². The molecule has 3 aromatic carbocycles. The average molecular weight is 540 g/mol. The first-order chi connectivity index (χ1) is 14.9. The van der Waals surface area contributed by atoms with Crippen molar-refractivity contribution in [1.82, 2.24) is 0 Å². The van der Waals surface area contributed by atoms with Crippen molar-refractivity contribution in [3.05, 3.63) is 75.9 Å². The van der Waals surface area contributed by atoms with Crippen LogP contribution in [0.4, 0.5) is 13.2 Å². The number of nitriles is 1. The van der Waals surface area contributed by atoms with Gasteiger partial charge in [0.2, 0.25) is 0 Å². The van der Waals surface area contributed by atoms with Crippen LogP contribution in [0.1, 0.15) is 5.56 Å². The number of rotatable bonds is 8. The number of alkyl halides is 4. The molecule has 0 radical (unpaired) electrons. The van der Waals surface area contributed by atoms with Crippen LogP contribution in [0.2, 0.25) is 0 Å². The third kappa shape index (κ3) is 6.79. The second-order valence-corrected chi connectivity index (χ2v) is 8.61. The molecule has 0 heterocycles. The van der Waals surface area contributed by atoms with Crippen LogP contribution in [0.3, 0.4) is 0 Å². The molecular formula is C23H18F3INO3-. The minimum atomic E-state index is -4.74. The Morgan fingerprint density at radius 1 is 0.871 bits per heavy atom. The molecule has 0 atom stereocenters. The van der Waals surface area contributed by atoms with Crippen molar-refractivity contribution in [3.8, 4) is 34.4 Å². The fraction of sp³-hybridized carbons (Fsp3) is 0.174. The van der Waals surface area contributed by atoms with Gasteiger partial charge in [-0.3, -0.25) is 0 Å². The maximum atomic E-state index is 12.3. The molecule has 0 amide bonds. The van der Waals surface area contributed by atoms with Gasteiger partial charge in [-0.2, -0.15) is 0 Å². The van der Waals surface area contributed by atoms with Gasteiger partial charge in [0, 0.05) is 0 Å².